The van der Waals surface area contributed by atoms with Gasteiger partial charge in [0.15, 0.2) is 5.16 Å². The van der Waals surface area contributed by atoms with Crippen LogP contribution in [-0.2, 0) is 16.6 Å². The Kier molecular flexibility index (Phi) is 6.30. The van der Waals surface area contributed by atoms with Gasteiger partial charge in [-0.05, 0) is 26.8 Å². The summed E-state index contributed by atoms with van der Waals surface area (Å²) in [6.45, 7) is 6.80. The molecule has 0 aliphatic heterocycles. The molecule has 0 aromatic carbocycles. The topological polar surface area (TPSA) is 69.0 Å². The number of esters is 1. The number of thioether (sulfide) groups is 1. The molecule has 0 bridgehead atoms. The summed E-state index contributed by atoms with van der Waals surface area (Å²) in [6.07, 6.45) is 2.20. The maximum Gasteiger partial charge on any atom is 0.326 e. The van der Waals surface area contributed by atoms with Gasteiger partial charge in [-0.25, -0.2) is 9.67 Å². The second kappa shape index (κ2) is 7.49. The van der Waals surface area contributed by atoms with E-state index in [1.54, 1.807) is 16.4 Å². The molecule has 1 N–H and O–H groups in total. The van der Waals surface area contributed by atoms with Crippen LogP contribution in [0.15, 0.2) is 11.5 Å². The number of carbonyl (C=O) groups excluding carboxylic acids is 1. The number of hydrogen-bond acceptors (Lipinski definition) is 6. The van der Waals surface area contributed by atoms with Gasteiger partial charge in [-0.15, -0.1) is 0 Å². The number of nitrogens with one attached hydrogen (secondary N) is 1. The average molecular weight is 286 g/mol. The van der Waals surface area contributed by atoms with Crippen molar-refractivity contribution in [3.8, 4) is 0 Å². The Morgan fingerprint density at radius 3 is 2.84 bits per heavy atom. The van der Waals surface area contributed by atoms with Crippen LogP contribution in [0.5, 0.6) is 0 Å². The highest BCUT2D eigenvalue weighted by molar-refractivity contribution is 7.99. The Bertz CT molecular complexity index is 410. The molecule has 1 unspecified atom stereocenters. The van der Waals surface area contributed by atoms with Crippen LogP contribution in [-0.4, -0.2) is 45.2 Å². The molecule has 0 radical (unpaired) electrons. The lowest BCUT2D eigenvalue weighted by atomic mass is 9.99. The molecule has 1 atom stereocenters. The van der Waals surface area contributed by atoms with E-state index in [2.05, 4.69) is 15.4 Å². The molecule has 1 rings (SSSR count). The van der Waals surface area contributed by atoms with Gasteiger partial charge in [0, 0.05) is 12.8 Å². The molecule has 1 heterocycles. The second-order valence-corrected chi connectivity index (χ2v) is 5.41. The summed E-state index contributed by atoms with van der Waals surface area (Å²) in [6, 6.07) is 0. The second-order valence-electron chi connectivity index (χ2n) is 4.35. The van der Waals surface area contributed by atoms with E-state index in [0.717, 1.165) is 17.5 Å². The number of aromatic nitrogens is 3. The van der Waals surface area contributed by atoms with Crippen LogP contribution in [0.2, 0.25) is 0 Å². The van der Waals surface area contributed by atoms with E-state index < -0.39 is 5.54 Å². The number of nitrogens with zero attached hydrogens (tertiary/aromatic N) is 3. The molecule has 0 saturated heterocycles. The van der Waals surface area contributed by atoms with E-state index >= 15 is 0 Å². The normalized spacial score (nSPS) is 14.1. The quantitative estimate of drug-likeness (QED) is 0.572. The summed E-state index contributed by atoms with van der Waals surface area (Å²) >= 11 is 1.58. The van der Waals surface area contributed by atoms with Crippen LogP contribution >= 0.6 is 11.8 Å². The van der Waals surface area contributed by atoms with Crippen molar-refractivity contribution >= 4 is 17.7 Å². The van der Waals surface area contributed by atoms with Crippen molar-refractivity contribution in [1.29, 1.82) is 0 Å². The van der Waals surface area contributed by atoms with Crippen LogP contribution < -0.4 is 5.32 Å². The molecule has 0 spiro atoms. The smallest absolute Gasteiger partial charge is 0.326 e. The highest BCUT2D eigenvalue weighted by Gasteiger charge is 2.33. The molecule has 108 valence electrons. The zero-order valence-corrected chi connectivity index (χ0v) is 12.8. The van der Waals surface area contributed by atoms with Crippen LogP contribution in [0.4, 0.5) is 0 Å². The summed E-state index contributed by atoms with van der Waals surface area (Å²) in [5.74, 6) is 0.574. The van der Waals surface area contributed by atoms with Crippen molar-refractivity contribution in [3.63, 3.8) is 0 Å². The Balaban J connectivity index is 2.54. The highest BCUT2D eigenvalue weighted by atomic mass is 32.2. The Labute approximate surface area is 118 Å². The Hall–Kier alpha value is -1.08. The van der Waals surface area contributed by atoms with Crippen LogP contribution in [0, 0.1) is 0 Å². The summed E-state index contributed by atoms with van der Waals surface area (Å²) in [7, 11) is 1.85. The molecule has 1 aromatic rings. The van der Waals surface area contributed by atoms with Gasteiger partial charge in [0.1, 0.15) is 11.9 Å². The van der Waals surface area contributed by atoms with Crippen molar-refractivity contribution in [3.05, 3.63) is 6.33 Å². The lowest BCUT2D eigenvalue weighted by Crippen LogP contribution is -2.50. The van der Waals surface area contributed by atoms with Crippen LogP contribution in [0.1, 0.15) is 27.2 Å². The molecule has 0 amide bonds. The molecule has 0 fully saturated rings. The van der Waals surface area contributed by atoms with Gasteiger partial charge in [-0.3, -0.25) is 4.79 Å². The molecular formula is C12H22N4O2S. The third kappa shape index (κ3) is 4.50. The van der Waals surface area contributed by atoms with Gasteiger partial charge in [-0.1, -0.05) is 18.7 Å². The van der Waals surface area contributed by atoms with Gasteiger partial charge >= 0.3 is 5.97 Å². The van der Waals surface area contributed by atoms with Crippen LogP contribution in [0.3, 0.4) is 0 Å². The fourth-order valence-corrected chi connectivity index (χ4v) is 2.75. The number of rotatable bonds is 8. The summed E-state index contributed by atoms with van der Waals surface area (Å²) < 4.78 is 6.85. The standard InChI is InChI=1S/C12H22N4O2S/c1-5-14-12(3,10(17)18-6-2)7-8-19-11-13-9-15-16(11)4/h9,14H,5-8H2,1-4H3. The van der Waals surface area contributed by atoms with E-state index in [1.807, 2.05) is 27.8 Å². The first-order valence-corrected chi connectivity index (χ1v) is 7.41. The lowest BCUT2D eigenvalue weighted by Gasteiger charge is -2.27. The largest absolute Gasteiger partial charge is 0.465 e. The SMILES string of the molecule is CCNC(C)(CCSc1ncnn1C)C(=O)OCC. The number of carbonyl (C=O) groups is 1. The van der Waals surface area contributed by atoms with E-state index in [1.165, 1.54) is 6.33 Å². The van der Waals surface area contributed by atoms with E-state index in [-0.39, 0.29) is 5.97 Å². The first-order valence-electron chi connectivity index (χ1n) is 6.42. The minimum absolute atomic E-state index is 0.199. The molecule has 6 nitrogen and oxygen atoms in total. The number of likely N-dealkylation sites (N-methyl/N-ethyl adjacent to an activating group) is 1. The van der Waals surface area contributed by atoms with Gasteiger partial charge in [0.05, 0.1) is 6.61 Å². The number of ether oxygens (including phenoxy) is 1. The Morgan fingerprint density at radius 2 is 2.32 bits per heavy atom. The minimum Gasteiger partial charge on any atom is -0.465 e. The highest BCUT2D eigenvalue weighted by Crippen LogP contribution is 2.20. The maximum atomic E-state index is 12.0. The summed E-state index contributed by atoms with van der Waals surface area (Å²) in [4.78, 5) is 16.1. The third-order valence-electron chi connectivity index (χ3n) is 2.80. The molecule has 7 heteroatoms. The van der Waals surface area contributed by atoms with Gasteiger partial charge in [0.25, 0.3) is 0 Å². The average Bonchev–Trinajstić information content (AvgIpc) is 2.76. The molecule has 1 aromatic heterocycles. The molecular weight excluding hydrogens is 264 g/mol. The fraction of sp³-hybridized carbons (Fsp3) is 0.750. The zero-order valence-electron chi connectivity index (χ0n) is 12.0. The maximum absolute atomic E-state index is 12.0. The van der Waals surface area contributed by atoms with Crippen LogP contribution in [0.25, 0.3) is 0 Å². The van der Waals surface area contributed by atoms with Crippen molar-refractivity contribution in [1.82, 2.24) is 20.1 Å². The van der Waals surface area contributed by atoms with E-state index in [0.29, 0.717) is 13.0 Å². The molecule has 19 heavy (non-hydrogen) atoms. The summed E-state index contributed by atoms with van der Waals surface area (Å²) in [5.41, 5.74) is -0.643. The van der Waals surface area contributed by atoms with Gasteiger partial charge < -0.3 is 10.1 Å². The predicted molar refractivity (Wildman–Crippen MR) is 75.1 cm³/mol. The van der Waals surface area contributed by atoms with Gasteiger partial charge in [0.2, 0.25) is 0 Å². The first-order chi connectivity index (χ1) is 9.03. The van der Waals surface area contributed by atoms with Crippen molar-refractivity contribution in [2.24, 2.45) is 7.05 Å². The first kappa shape index (κ1) is 16.0. The zero-order chi connectivity index (χ0) is 14.3. The van der Waals surface area contributed by atoms with Crippen molar-refractivity contribution in [2.75, 3.05) is 18.9 Å². The Morgan fingerprint density at radius 1 is 1.58 bits per heavy atom. The van der Waals surface area contributed by atoms with Gasteiger partial charge in [-0.2, -0.15) is 5.10 Å². The predicted octanol–water partition coefficient (Wildman–Crippen LogP) is 1.23. The minimum atomic E-state index is -0.643. The molecule has 0 aliphatic carbocycles. The van der Waals surface area contributed by atoms with Crippen molar-refractivity contribution in [2.45, 2.75) is 37.9 Å². The number of hydrogen-bond donors (Lipinski definition) is 1. The number of aryl methyl sites for hydroxylation is 1. The summed E-state index contributed by atoms with van der Waals surface area (Å²) in [5, 5.41) is 8.07. The fourth-order valence-electron chi connectivity index (χ4n) is 1.71. The van der Waals surface area contributed by atoms with E-state index in [9.17, 15) is 4.79 Å². The third-order valence-corrected chi connectivity index (χ3v) is 3.83. The lowest BCUT2D eigenvalue weighted by molar-refractivity contribution is -0.150. The molecule has 0 aliphatic rings. The van der Waals surface area contributed by atoms with Crippen molar-refractivity contribution < 1.29 is 9.53 Å². The monoisotopic (exact) mass is 286 g/mol. The van der Waals surface area contributed by atoms with E-state index in [4.69, 9.17) is 4.74 Å². The molecule has 0 saturated carbocycles.